The second-order valence-corrected chi connectivity index (χ2v) is 11.5. The van der Waals surface area contributed by atoms with Gasteiger partial charge in [0.1, 0.15) is 5.82 Å². The molecule has 1 aliphatic rings. The molecular formula is C26H30F3N3O4S. The average Bonchev–Trinajstić information content (AvgIpc) is 3.23. The van der Waals surface area contributed by atoms with E-state index in [1.807, 2.05) is 17.6 Å². The lowest BCUT2D eigenvalue weighted by Crippen LogP contribution is -2.38. The number of rotatable bonds is 8. The number of amides is 1. The molecule has 1 saturated heterocycles. The average molecular weight is 538 g/mol. The zero-order chi connectivity index (χ0) is 26.8. The summed E-state index contributed by atoms with van der Waals surface area (Å²) >= 11 is 0. The highest BCUT2D eigenvalue weighted by Crippen LogP contribution is 2.33. The Morgan fingerprint density at radius 3 is 2.46 bits per heavy atom. The van der Waals surface area contributed by atoms with Crippen molar-refractivity contribution in [3.05, 3.63) is 59.4 Å². The quantitative estimate of drug-likeness (QED) is 0.451. The number of alkyl halides is 3. The van der Waals surface area contributed by atoms with Crippen LogP contribution in [-0.2, 0) is 34.1 Å². The first-order chi connectivity index (χ1) is 17.5. The number of halogens is 3. The number of aryl methyl sites for hydroxylation is 1. The molecule has 37 heavy (non-hydrogen) atoms. The van der Waals surface area contributed by atoms with Crippen molar-refractivity contribution in [2.45, 2.75) is 63.4 Å². The number of ether oxygens (including phenoxy) is 1. The second-order valence-electron chi connectivity index (χ2n) is 9.22. The molecule has 7 nitrogen and oxygen atoms in total. The highest BCUT2D eigenvalue weighted by molar-refractivity contribution is 7.91. The largest absolute Gasteiger partial charge is 0.414 e. The standard InChI is InChI=1S/C26H30F3N3O4S/c1-3-32-22-11-8-19(25(33)30-15-17-5-9-20(10-6-17)37(34,35)4-2)14-21(22)31-24(32)13-18-7-12-23(36-16-18)26(27,28)29/h5-6,8-11,14,18,23H,3-4,7,12-13,15-16H2,1-2H3,(H,30,33)/t18-,23?/m1/s1. The molecule has 0 saturated carbocycles. The maximum atomic E-state index is 12.9. The van der Waals surface area contributed by atoms with Crippen LogP contribution in [0.25, 0.3) is 11.0 Å². The monoisotopic (exact) mass is 537 g/mol. The minimum Gasteiger partial charge on any atom is -0.368 e. The molecule has 1 N–H and O–H groups in total. The van der Waals surface area contributed by atoms with Crippen molar-refractivity contribution >= 4 is 26.8 Å². The summed E-state index contributed by atoms with van der Waals surface area (Å²) < 4.78 is 69.6. The third kappa shape index (κ3) is 6.15. The van der Waals surface area contributed by atoms with E-state index < -0.39 is 22.1 Å². The predicted octanol–water partition coefficient (Wildman–Crippen LogP) is 4.68. The number of hydrogen-bond acceptors (Lipinski definition) is 5. The van der Waals surface area contributed by atoms with Gasteiger partial charge in [-0.1, -0.05) is 19.1 Å². The number of fused-ring (bicyclic) bond motifs is 1. The summed E-state index contributed by atoms with van der Waals surface area (Å²) in [5, 5.41) is 2.84. The van der Waals surface area contributed by atoms with Crippen LogP contribution in [0.2, 0.25) is 0 Å². The van der Waals surface area contributed by atoms with Crippen molar-refractivity contribution in [2.24, 2.45) is 5.92 Å². The lowest BCUT2D eigenvalue weighted by Gasteiger charge is -2.30. The topological polar surface area (TPSA) is 90.3 Å². The van der Waals surface area contributed by atoms with E-state index in [9.17, 15) is 26.4 Å². The Balaban J connectivity index is 1.42. The summed E-state index contributed by atoms with van der Waals surface area (Å²) in [5.74, 6) is 0.436. The van der Waals surface area contributed by atoms with Crippen LogP contribution in [0, 0.1) is 5.92 Å². The van der Waals surface area contributed by atoms with Gasteiger partial charge in [-0.2, -0.15) is 13.2 Å². The van der Waals surface area contributed by atoms with Gasteiger partial charge < -0.3 is 14.6 Å². The first-order valence-electron chi connectivity index (χ1n) is 12.3. The fourth-order valence-electron chi connectivity index (χ4n) is 4.58. The van der Waals surface area contributed by atoms with Gasteiger partial charge >= 0.3 is 6.18 Å². The van der Waals surface area contributed by atoms with Crippen LogP contribution in [0.5, 0.6) is 0 Å². The van der Waals surface area contributed by atoms with Crippen LogP contribution in [0.4, 0.5) is 13.2 Å². The van der Waals surface area contributed by atoms with Crippen molar-refractivity contribution in [1.29, 1.82) is 0 Å². The fraction of sp³-hybridized carbons (Fsp3) is 0.462. The molecule has 2 heterocycles. The summed E-state index contributed by atoms with van der Waals surface area (Å²) in [6.45, 7) is 4.47. The first kappa shape index (κ1) is 27.1. The van der Waals surface area contributed by atoms with Crippen LogP contribution in [0.3, 0.4) is 0 Å². The molecule has 0 spiro atoms. The normalized spacial score (nSPS) is 18.7. The molecule has 4 rings (SSSR count). The number of imidazole rings is 1. The second kappa shape index (κ2) is 10.8. The van der Waals surface area contributed by atoms with Gasteiger partial charge in [-0.3, -0.25) is 4.79 Å². The maximum Gasteiger partial charge on any atom is 0.414 e. The molecule has 11 heteroatoms. The SMILES string of the molecule is CCn1c(C[C@H]2CCC(C(F)(F)F)OC2)nc2cc(C(=O)NCc3ccc(S(=O)(=O)CC)cc3)ccc21. The van der Waals surface area contributed by atoms with E-state index in [0.717, 1.165) is 16.9 Å². The van der Waals surface area contributed by atoms with Gasteiger partial charge in [-0.25, -0.2) is 13.4 Å². The predicted molar refractivity (Wildman–Crippen MR) is 133 cm³/mol. The molecule has 0 bridgehead atoms. The molecule has 1 aliphatic heterocycles. The zero-order valence-electron chi connectivity index (χ0n) is 20.7. The molecular weight excluding hydrogens is 507 g/mol. The van der Waals surface area contributed by atoms with E-state index >= 15 is 0 Å². The smallest absolute Gasteiger partial charge is 0.368 e. The van der Waals surface area contributed by atoms with E-state index in [1.165, 1.54) is 12.1 Å². The van der Waals surface area contributed by atoms with Crippen LogP contribution in [0.1, 0.15) is 48.4 Å². The van der Waals surface area contributed by atoms with Crippen molar-refractivity contribution in [2.75, 3.05) is 12.4 Å². The highest BCUT2D eigenvalue weighted by atomic mass is 32.2. The van der Waals surface area contributed by atoms with Gasteiger partial charge in [0.2, 0.25) is 0 Å². The number of benzene rings is 2. The number of nitrogens with zero attached hydrogens (tertiary/aromatic N) is 2. The lowest BCUT2D eigenvalue weighted by molar-refractivity contribution is -0.235. The molecule has 2 atom stereocenters. The number of sulfone groups is 1. The fourth-order valence-corrected chi connectivity index (χ4v) is 5.46. The third-order valence-electron chi connectivity index (χ3n) is 6.73. The Hall–Kier alpha value is -2.92. The van der Waals surface area contributed by atoms with Gasteiger partial charge in [-0.15, -0.1) is 0 Å². The Labute approximate surface area is 213 Å². The summed E-state index contributed by atoms with van der Waals surface area (Å²) in [4.78, 5) is 17.7. The molecule has 1 unspecified atom stereocenters. The summed E-state index contributed by atoms with van der Waals surface area (Å²) in [6, 6.07) is 11.7. The number of nitrogens with one attached hydrogen (secondary N) is 1. The van der Waals surface area contributed by atoms with E-state index in [-0.39, 0.29) is 42.0 Å². The molecule has 2 aromatic carbocycles. The van der Waals surface area contributed by atoms with Crippen molar-refractivity contribution in [3.63, 3.8) is 0 Å². The molecule has 1 amide bonds. The van der Waals surface area contributed by atoms with Gasteiger partial charge in [0, 0.05) is 25.1 Å². The summed E-state index contributed by atoms with van der Waals surface area (Å²) in [7, 11) is -3.28. The van der Waals surface area contributed by atoms with E-state index in [1.54, 1.807) is 31.2 Å². The molecule has 200 valence electrons. The third-order valence-corrected chi connectivity index (χ3v) is 8.48. The van der Waals surface area contributed by atoms with E-state index in [0.29, 0.717) is 30.5 Å². The molecule has 0 radical (unpaired) electrons. The lowest BCUT2D eigenvalue weighted by atomic mass is 9.95. The molecule has 0 aliphatic carbocycles. The molecule has 1 fully saturated rings. The number of carbonyl (C=O) groups is 1. The first-order valence-corrected chi connectivity index (χ1v) is 13.9. The van der Waals surface area contributed by atoms with Crippen LogP contribution in [-0.4, -0.2) is 48.5 Å². The molecule has 3 aromatic rings. The van der Waals surface area contributed by atoms with Gasteiger partial charge in [0.25, 0.3) is 5.91 Å². The van der Waals surface area contributed by atoms with Crippen LogP contribution >= 0.6 is 0 Å². The Kier molecular flexibility index (Phi) is 7.94. The van der Waals surface area contributed by atoms with Crippen LogP contribution < -0.4 is 5.32 Å². The highest BCUT2D eigenvalue weighted by Gasteiger charge is 2.43. The van der Waals surface area contributed by atoms with Crippen molar-refractivity contribution in [1.82, 2.24) is 14.9 Å². The minimum absolute atomic E-state index is 0.0219. The summed E-state index contributed by atoms with van der Waals surface area (Å²) in [5.41, 5.74) is 2.69. The number of carbonyl (C=O) groups excluding carboxylic acids is 1. The number of aromatic nitrogens is 2. The van der Waals surface area contributed by atoms with E-state index in [4.69, 9.17) is 9.72 Å². The Morgan fingerprint density at radius 1 is 1.14 bits per heavy atom. The van der Waals surface area contributed by atoms with Crippen LogP contribution in [0.15, 0.2) is 47.4 Å². The Bertz CT molecular complexity index is 1360. The van der Waals surface area contributed by atoms with Gasteiger partial charge in [-0.05, 0) is 61.6 Å². The van der Waals surface area contributed by atoms with Crippen molar-refractivity contribution < 1.29 is 31.1 Å². The van der Waals surface area contributed by atoms with E-state index in [2.05, 4.69) is 5.32 Å². The Morgan fingerprint density at radius 2 is 1.86 bits per heavy atom. The molecule has 1 aromatic heterocycles. The summed E-state index contributed by atoms with van der Waals surface area (Å²) in [6.07, 6.45) is -5.18. The minimum atomic E-state index is -4.34. The van der Waals surface area contributed by atoms with Gasteiger partial charge in [0.15, 0.2) is 15.9 Å². The zero-order valence-corrected chi connectivity index (χ0v) is 21.5. The maximum absolute atomic E-state index is 12.9. The number of hydrogen-bond donors (Lipinski definition) is 1. The van der Waals surface area contributed by atoms with Gasteiger partial charge in [0.05, 0.1) is 28.3 Å². The van der Waals surface area contributed by atoms with Crippen molar-refractivity contribution in [3.8, 4) is 0 Å².